The lowest BCUT2D eigenvalue weighted by Crippen LogP contribution is -2.24. The Morgan fingerprint density at radius 1 is 1.35 bits per heavy atom. The van der Waals surface area contributed by atoms with Crippen molar-refractivity contribution < 1.29 is 8.42 Å². The minimum absolute atomic E-state index is 0.344. The van der Waals surface area contributed by atoms with Crippen LogP contribution in [0, 0.1) is 5.92 Å². The van der Waals surface area contributed by atoms with Gasteiger partial charge in [0.05, 0.1) is 5.69 Å². The van der Waals surface area contributed by atoms with E-state index >= 15 is 0 Å². The summed E-state index contributed by atoms with van der Waals surface area (Å²) in [5.74, 6) is 0.579. The van der Waals surface area contributed by atoms with Crippen LogP contribution in [0.5, 0.6) is 0 Å². The Labute approximate surface area is 121 Å². The molecule has 0 radical (unpaired) electrons. The quantitative estimate of drug-likeness (QED) is 0.890. The van der Waals surface area contributed by atoms with Gasteiger partial charge in [0.25, 0.3) is 0 Å². The highest BCUT2D eigenvalue weighted by molar-refractivity contribution is 7.89. The van der Waals surface area contributed by atoms with Crippen LogP contribution in [0.1, 0.15) is 6.42 Å². The number of para-hydroxylation sites is 1. The second-order valence-electron chi connectivity index (χ2n) is 5.58. The number of hydrogen-bond acceptors (Lipinski definition) is 4. The van der Waals surface area contributed by atoms with E-state index in [4.69, 9.17) is 0 Å². The lowest BCUT2D eigenvalue weighted by atomic mass is 10.1. The average Bonchev–Trinajstić information content (AvgIpc) is 2.82. The van der Waals surface area contributed by atoms with Crippen LogP contribution in [0.3, 0.4) is 0 Å². The summed E-state index contributed by atoms with van der Waals surface area (Å²) in [5.41, 5.74) is 0.691. The molecule has 112 valence electrons. The van der Waals surface area contributed by atoms with Gasteiger partial charge in [-0.25, -0.2) is 12.7 Å². The second-order valence-corrected chi connectivity index (χ2v) is 7.70. The summed E-state index contributed by atoms with van der Waals surface area (Å²) in [6.45, 7) is 2.99. The highest BCUT2D eigenvalue weighted by Gasteiger charge is 2.23. The first-order chi connectivity index (χ1) is 9.41. The van der Waals surface area contributed by atoms with E-state index in [1.807, 2.05) is 12.1 Å². The number of nitrogens with zero attached hydrogens (tertiary/aromatic N) is 2. The highest BCUT2D eigenvalue weighted by Crippen LogP contribution is 2.24. The Balaban J connectivity index is 2.13. The Kier molecular flexibility index (Phi) is 4.67. The van der Waals surface area contributed by atoms with Gasteiger partial charge in [-0.15, -0.1) is 0 Å². The lowest BCUT2D eigenvalue weighted by Gasteiger charge is -2.18. The Morgan fingerprint density at radius 2 is 2.05 bits per heavy atom. The maximum atomic E-state index is 12.3. The summed E-state index contributed by atoms with van der Waals surface area (Å²) in [7, 11) is 1.82. The van der Waals surface area contributed by atoms with Crippen LogP contribution in [-0.4, -0.2) is 58.4 Å². The first-order valence-corrected chi connectivity index (χ1v) is 8.29. The molecule has 1 aromatic rings. The van der Waals surface area contributed by atoms with Crippen molar-refractivity contribution in [2.45, 2.75) is 11.3 Å². The van der Waals surface area contributed by atoms with Gasteiger partial charge in [-0.1, -0.05) is 12.1 Å². The molecular formula is C14H23N3O2S. The van der Waals surface area contributed by atoms with E-state index in [2.05, 4.69) is 17.3 Å². The smallest absolute Gasteiger partial charge is 0.244 e. The van der Waals surface area contributed by atoms with E-state index in [0.717, 1.165) is 26.1 Å². The van der Waals surface area contributed by atoms with Crippen molar-refractivity contribution in [2.24, 2.45) is 5.92 Å². The van der Waals surface area contributed by atoms with Gasteiger partial charge in [0.1, 0.15) is 4.90 Å². The molecule has 1 heterocycles. The van der Waals surface area contributed by atoms with Crippen molar-refractivity contribution in [3.8, 4) is 0 Å². The normalized spacial score (nSPS) is 20.5. The molecule has 0 aliphatic carbocycles. The SMILES string of the molecule is CN1CCC(CNc2ccccc2S(=O)(=O)N(C)C)C1. The van der Waals surface area contributed by atoms with Crippen molar-refractivity contribution in [1.29, 1.82) is 0 Å². The minimum atomic E-state index is -3.40. The third kappa shape index (κ3) is 3.31. The zero-order valence-corrected chi connectivity index (χ0v) is 13.2. The second kappa shape index (κ2) is 6.11. The van der Waals surface area contributed by atoms with E-state index in [9.17, 15) is 8.42 Å². The van der Waals surface area contributed by atoms with Crippen LogP contribution < -0.4 is 5.32 Å². The van der Waals surface area contributed by atoms with Crippen molar-refractivity contribution in [2.75, 3.05) is 46.1 Å². The summed E-state index contributed by atoms with van der Waals surface area (Å²) in [6.07, 6.45) is 1.16. The van der Waals surface area contributed by atoms with Crippen LogP contribution >= 0.6 is 0 Å². The molecule has 0 spiro atoms. The number of likely N-dealkylation sites (tertiary alicyclic amines) is 1. The van der Waals surface area contributed by atoms with E-state index in [1.165, 1.54) is 4.31 Å². The number of hydrogen-bond donors (Lipinski definition) is 1. The van der Waals surface area contributed by atoms with Crippen molar-refractivity contribution in [3.63, 3.8) is 0 Å². The average molecular weight is 297 g/mol. The van der Waals surface area contributed by atoms with Gasteiger partial charge in [-0.2, -0.15) is 0 Å². The molecule has 0 aromatic heterocycles. The lowest BCUT2D eigenvalue weighted by molar-refractivity contribution is 0.399. The maximum absolute atomic E-state index is 12.3. The number of benzene rings is 1. The van der Waals surface area contributed by atoms with Crippen molar-refractivity contribution in [3.05, 3.63) is 24.3 Å². The number of nitrogens with one attached hydrogen (secondary N) is 1. The van der Waals surface area contributed by atoms with Crippen LogP contribution in [-0.2, 0) is 10.0 Å². The van der Waals surface area contributed by atoms with Gasteiger partial charge in [0, 0.05) is 27.2 Å². The fourth-order valence-corrected chi connectivity index (χ4v) is 3.54. The topological polar surface area (TPSA) is 52.7 Å². The molecule has 0 amide bonds. The first kappa shape index (κ1) is 15.3. The molecule has 1 N–H and O–H groups in total. The summed E-state index contributed by atoms with van der Waals surface area (Å²) >= 11 is 0. The predicted octanol–water partition coefficient (Wildman–Crippen LogP) is 1.30. The van der Waals surface area contributed by atoms with Gasteiger partial charge in [0.2, 0.25) is 10.0 Å². The van der Waals surface area contributed by atoms with Crippen molar-refractivity contribution in [1.82, 2.24) is 9.21 Å². The summed E-state index contributed by atoms with van der Waals surface area (Å²) in [6, 6.07) is 7.09. The fourth-order valence-electron chi connectivity index (χ4n) is 2.48. The standard InChI is InChI=1S/C14H23N3O2S/c1-16(2)20(18,19)14-7-5-4-6-13(14)15-10-12-8-9-17(3)11-12/h4-7,12,15H,8-11H2,1-3H3. The Hall–Kier alpha value is -1.11. The summed E-state index contributed by atoms with van der Waals surface area (Å²) in [5, 5.41) is 3.30. The molecule has 1 saturated heterocycles. The van der Waals surface area contributed by atoms with Crippen LogP contribution in [0.25, 0.3) is 0 Å². The Morgan fingerprint density at radius 3 is 2.65 bits per heavy atom. The van der Waals surface area contributed by atoms with Crippen LogP contribution in [0.2, 0.25) is 0 Å². The van der Waals surface area contributed by atoms with E-state index in [1.54, 1.807) is 26.2 Å². The summed E-state index contributed by atoms with van der Waals surface area (Å²) in [4.78, 5) is 2.64. The third-order valence-electron chi connectivity index (χ3n) is 3.72. The highest BCUT2D eigenvalue weighted by atomic mass is 32.2. The molecule has 5 nitrogen and oxygen atoms in total. The molecule has 1 atom stereocenters. The van der Waals surface area contributed by atoms with Gasteiger partial charge >= 0.3 is 0 Å². The van der Waals surface area contributed by atoms with E-state index in [0.29, 0.717) is 16.5 Å². The van der Waals surface area contributed by atoms with Crippen LogP contribution in [0.4, 0.5) is 5.69 Å². The number of sulfonamides is 1. The summed E-state index contributed by atoms with van der Waals surface area (Å²) < 4.78 is 25.8. The number of anilines is 1. The third-order valence-corrected chi connectivity index (χ3v) is 5.59. The zero-order chi connectivity index (χ0) is 14.8. The van der Waals surface area contributed by atoms with Crippen LogP contribution in [0.15, 0.2) is 29.2 Å². The largest absolute Gasteiger partial charge is 0.384 e. The molecule has 0 bridgehead atoms. The van der Waals surface area contributed by atoms with E-state index < -0.39 is 10.0 Å². The zero-order valence-electron chi connectivity index (χ0n) is 12.3. The molecule has 1 unspecified atom stereocenters. The van der Waals surface area contributed by atoms with Crippen molar-refractivity contribution >= 4 is 15.7 Å². The van der Waals surface area contributed by atoms with Gasteiger partial charge in [-0.3, -0.25) is 0 Å². The number of rotatable bonds is 5. The molecule has 0 saturated carbocycles. The molecule has 1 fully saturated rings. The molecule has 2 rings (SSSR count). The molecule has 1 aromatic carbocycles. The van der Waals surface area contributed by atoms with E-state index in [-0.39, 0.29) is 0 Å². The predicted molar refractivity (Wildman–Crippen MR) is 81.4 cm³/mol. The molecular weight excluding hydrogens is 274 g/mol. The minimum Gasteiger partial charge on any atom is -0.384 e. The fraction of sp³-hybridized carbons (Fsp3) is 0.571. The maximum Gasteiger partial charge on any atom is 0.244 e. The molecule has 1 aliphatic rings. The van der Waals surface area contributed by atoms with Gasteiger partial charge in [0.15, 0.2) is 0 Å². The molecule has 1 aliphatic heterocycles. The molecule has 20 heavy (non-hydrogen) atoms. The molecule has 6 heteroatoms. The first-order valence-electron chi connectivity index (χ1n) is 6.85. The Bertz CT molecular complexity index is 557. The monoisotopic (exact) mass is 297 g/mol. The van der Waals surface area contributed by atoms with Gasteiger partial charge < -0.3 is 10.2 Å². The van der Waals surface area contributed by atoms with Gasteiger partial charge in [-0.05, 0) is 38.1 Å².